The number of carbonyl (C=O) groups excluding carboxylic acids is 1. The second-order valence-electron chi connectivity index (χ2n) is 5.21. The molecule has 0 saturated carbocycles. The third-order valence-corrected chi connectivity index (χ3v) is 3.68. The van der Waals surface area contributed by atoms with E-state index in [0.717, 1.165) is 19.4 Å². The van der Waals surface area contributed by atoms with Crippen molar-refractivity contribution in [2.75, 3.05) is 13.1 Å². The van der Waals surface area contributed by atoms with Crippen LogP contribution in [0.2, 0.25) is 0 Å². The van der Waals surface area contributed by atoms with Crippen molar-refractivity contribution < 1.29 is 4.79 Å². The Hall–Kier alpha value is -2.24. The number of hydrogen-bond acceptors (Lipinski definition) is 4. The van der Waals surface area contributed by atoms with E-state index in [-0.39, 0.29) is 24.4 Å². The van der Waals surface area contributed by atoms with E-state index in [1.54, 1.807) is 18.2 Å². The molecule has 0 aliphatic rings. The molecule has 0 spiro atoms. The highest BCUT2D eigenvalue weighted by molar-refractivity contribution is 5.77. The molecule has 1 amide bonds. The predicted molar refractivity (Wildman–Crippen MR) is 85.6 cm³/mol. The largest absolute Gasteiger partial charge is 0.343 e. The van der Waals surface area contributed by atoms with E-state index in [1.165, 1.54) is 4.68 Å². The Labute approximate surface area is 129 Å². The van der Waals surface area contributed by atoms with Gasteiger partial charge in [-0.05, 0) is 25.5 Å². The molecule has 6 heteroatoms. The molecule has 118 valence electrons. The van der Waals surface area contributed by atoms with E-state index in [0.29, 0.717) is 17.4 Å². The van der Waals surface area contributed by atoms with Gasteiger partial charge in [-0.15, -0.1) is 5.10 Å². The Morgan fingerprint density at radius 1 is 1.27 bits per heavy atom. The third-order valence-electron chi connectivity index (χ3n) is 3.68. The fraction of sp³-hybridized carbons (Fsp3) is 0.500. The van der Waals surface area contributed by atoms with Gasteiger partial charge in [0.2, 0.25) is 5.91 Å². The van der Waals surface area contributed by atoms with E-state index in [2.05, 4.69) is 17.2 Å². The highest BCUT2D eigenvalue weighted by Gasteiger charge is 2.12. The van der Waals surface area contributed by atoms with Gasteiger partial charge in [0.15, 0.2) is 0 Å². The van der Waals surface area contributed by atoms with Crippen LogP contribution in [-0.4, -0.2) is 38.9 Å². The lowest BCUT2D eigenvalue weighted by molar-refractivity contribution is -0.131. The molecule has 22 heavy (non-hydrogen) atoms. The van der Waals surface area contributed by atoms with Crippen molar-refractivity contribution in [3.8, 4) is 0 Å². The van der Waals surface area contributed by atoms with Crippen molar-refractivity contribution in [1.82, 2.24) is 19.9 Å². The molecule has 0 N–H and O–H groups in total. The first kappa shape index (κ1) is 16.1. The maximum Gasteiger partial charge on any atom is 0.277 e. The second-order valence-corrected chi connectivity index (χ2v) is 5.21. The van der Waals surface area contributed by atoms with E-state index >= 15 is 0 Å². The number of nitrogens with zero attached hydrogens (tertiary/aromatic N) is 4. The number of fused-ring (bicyclic) bond motifs is 1. The lowest BCUT2D eigenvalue weighted by atomic mass is 10.2. The third kappa shape index (κ3) is 3.69. The molecule has 0 aliphatic carbocycles. The Morgan fingerprint density at radius 2 is 2.05 bits per heavy atom. The average molecular weight is 302 g/mol. The van der Waals surface area contributed by atoms with Crippen molar-refractivity contribution in [3.63, 3.8) is 0 Å². The summed E-state index contributed by atoms with van der Waals surface area (Å²) in [4.78, 5) is 26.3. The summed E-state index contributed by atoms with van der Waals surface area (Å²) in [6, 6.07) is 7.09. The van der Waals surface area contributed by atoms with Gasteiger partial charge in [-0.25, -0.2) is 4.68 Å². The summed E-state index contributed by atoms with van der Waals surface area (Å²) in [5, 5.41) is 8.46. The van der Waals surface area contributed by atoms with Crippen LogP contribution in [-0.2, 0) is 11.3 Å². The normalized spacial score (nSPS) is 10.8. The first-order valence-electron chi connectivity index (χ1n) is 7.77. The molecule has 1 aromatic carbocycles. The van der Waals surface area contributed by atoms with Crippen LogP contribution in [0.1, 0.15) is 33.1 Å². The van der Waals surface area contributed by atoms with Crippen LogP contribution >= 0.6 is 0 Å². The topological polar surface area (TPSA) is 68.1 Å². The summed E-state index contributed by atoms with van der Waals surface area (Å²) >= 11 is 0. The molecule has 0 saturated heterocycles. The summed E-state index contributed by atoms with van der Waals surface area (Å²) in [7, 11) is 0. The average Bonchev–Trinajstić information content (AvgIpc) is 2.55. The molecule has 0 atom stereocenters. The molecule has 0 bridgehead atoms. The molecule has 1 aromatic heterocycles. The number of unbranched alkanes of at least 4 members (excludes halogenated alkanes) is 1. The number of amides is 1. The summed E-state index contributed by atoms with van der Waals surface area (Å²) in [5.41, 5.74) is 0.378. The minimum absolute atomic E-state index is 0.0535. The van der Waals surface area contributed by atoms with Crippen LogP contribution in [0.3, 0.4) is 0 Å². The number of aromatic nitrogens is 3. The minimum Gasteiger partial charge on any atom is -0.343 e. The molecular formula is C16H22N4O2. The van der Waals surface area contributed by atoms with Gasteiger partial charge in [0.25, 0.3) is 5.56 Å². The summed E-state index contributed by atoms with van der Waals surface area (Å²) in [5.74, 6) is 0.0535. The quantitative estimate of drug-likeness (QED) is 0.782. The van der Waals surface area contributed by atoms with Crippen LogP contribution in [0.4, 0.5) is 0 Å². The molecular weight excluding hydrogens is 280 g/mol. The SMILES string of the molecule is CCCCN(CC)C(=O)CCn1nnc2ccccc2c1=O. The van der Waals surface area contributed by atoms with E-state index in [1.807, 2.05) is 17.9 Å². The molecule has 2 rings (SSSR count). The predicted octanol–water partition coefficient (Wildman–Crippen LogP) is 1.83. The molecule has 0 fully saturated rings. The lowest BCUT2D eigenvalue weighted by Crippen LogP contribution is -2.34. The Morgan fingerprint density at radius 3 is 2.77 bits per heavy atom. The standard InChI is InChI=1S/C16H22N4O2/c1-3-5-11-19(4-2)15(21)10-12-20-16(22)13-8-6-7-9-14(13)17-18-20/h6-9H,3-5,10-12H2,1-2H3. The Bertz CT molecular complexity index is 696. The van der Waals surface area contributed by atoms with Crippen molar-refractivity contribution in [2.45, 2.75) is 39.7 Å². The van der Waals surface area contributed by atoms with Crippen LogP contribution in [0.15, 0.2) is 29.1 Å². The molecule has 0 radical (unpaired) electrons. The van der Waals surface area contributed by atoms with E-state index in [9.17, 15) is 9.59 Å². The van der Waals surface area contributed by atoms with Crippen LogP contribution in [0, 0.1) is 0 Å². The highest BCUT2D eigenvalue weighted by Crippen LogP contribution is 2.04. The van der Waals surface area contributed by atoms with Crippen molar-refractivity contribution in [3.05, 3.63) is 34.6 Å². The molecule has 1 heterocycles. The lowest BCUT2D eigenvalue weighted by Gasteiger charge is -2.20. The summed E-state index contributed by atoms with van der Waals surface area (Å²) in [6.07, 6.45) is 2.32. The molecule has 0 aliphatic heterocycles. The van der Waals surface area contributed by atoms with Crippen LogP contribution in [0.25, 0.3) is 10.9 Å². The summed E-state index contributed by atoms with van der Waals surface area (Å²) < 4.78 is 1.27. The van der Waals surface area contributed by atoms with Crippen molar-refractivity contribution in [1.29, 1.82) is 0 Å². The van der Waals surface area contributed by atoms with Crippen LogP contribution in [0.5, 0.6) is 0 Å². The number of aryl methyl sites for hydroxylation is 1. The minimum atomic E-state index is -0.199. The van der Waals surface area contributed by atoms with Crippen molar-refractivity contribution in [2.24, 2.45) is 0 Å². The van der Waals surface area contributed by atoms with Crippen LogP contribution < -0.4 is 5.56 Å². The van der Waals surface area contributed by atoms with Gasteiger partial charge < -0.3 is 4.90 Å². The molecule has 2 aromatic rings. The number of rotatable bonds is 7. The summed E-state index contributed by atoms with van der Waals surface area (Å²) in [6.45, 7) is 5.79. The smallest absolute Gasteiger partial charge is 0.277 e. The van der Waals surface area contributed by atoms with E-state index < -0.39 is 0 Å². The maximum atomic E-state index is 12.3. The highest BCUT2D eigenvalue weighted by atomic mass is 16.2. The van der Waals surface area contributed by atoms with Gasteiger partial charge in [-0.2, -0.15) is 0 Å². The van der Waals surface area contributed by atoms with Gasteiger partial charge in [0, 0.05) is 19.5 Å². The van der Waals surface area contributed by atoms with Gasteiger partial charge in [-0.1, -0.05) is 30.7 Å². The molecule has 0 unspecified atom stereocenters. The zero-order valence-corrected chi connectivity index (χ0v) is 13.2. The molecule has 6 nitrogen and oxygen atoms in total. The van der Waals surface area contributed by atoms with Gasteiger partial charge in [0.05, 0.1) is 11.9 Å². The van der Waals surface area contributed by atoms with E-state index in [4.69, 9.17) is 0 Å². The fourth-order valence-electron chi connectivity index (χ4n) is 2.34. The first-order chi connectivity index (χ1) is 10.7. The zero-order valence-electron chi connectivity index (χ0n) is 13.2. The second kappa shape index (κ2) is 7.68. The number of carbonyl (C=O) groups is 1. The van der Waals surface area contributed by atoms with Gasteiger partial charge in [0.1, 0.15) is 5.52 Å². The van der Waals surface area contributed by atoms with Gasteiger partial charge in [-0.3, -0.25) is 9.59 Å². The monoisotopic (exact) mass is 302 g/mol. The Balaban J connectivity index is 2.06. The fourth-order valence-corrected chi connectivity index (χ4v) is 2.34. The maximum absolute atomic E-state index is 12.3. The van der Waals surface area contributed by atoms with Crippen molar-refractivity contribution >= 4 is 16.8 Å². The number of benzene rings is 1. The zero-order chi connectivity index (χ0) is 15.9. The van der Waals surface area contributed by atoms with Gasteiger partial charge >= 0.3 is 0 Å². The number of hydrogen-bond donors (Lipinski definition) is 0. The Kier molecular flexibility index (Phi) is 5.63. The first-order valence-corrected chi connectivity index (χ1v) is 7.77.